The first kappa shape index (κ1) is 12.7. The Kier molecular flexibility index (Phi) is 3.58. The maximum absolute atomic E-state index is 6.10. The summed E-state index contributed by atoms with van der Waals surface area (Å²) in [5.41, 5.74) is 6.95. The van der Waals surface area contributed by atoms with Gasteiger partial charge in [0.2, 0.25) is 0 Å². The van der Waals surface area contributed by atoms with E-state index in [9.17, 15) is 0 Å². The third kappa shape index (κ3) is 2.14. The van der Waals surface area contributed by atoms with E-state index in [0.29, 0.717) is 16.2 Å². The SMILES string of the molecule is CC1SCCC1(CN)N1CCC(C)(C)CC1. The number of hydrogen-bond acceptors (Lipinski definition) is 3. The van der Waals surface area contributed by atoms with Gasteiger partial charge in [0.15, 0.2) is 0 Å². The number of nitrogens with two attached hydrogens (primary N) is 1. The summed E-state index contributed by atoms with van der Waals surface area (Å²) in [6.07, 6.45) is 3.94. The summed E-state index contributed by atoms with van der Waals surface area (Å²) < 4.78 is 0. The molecule has 3 heteroatoms. The second kappa shape index (κ2) is 4.51. The van der Waals surface area contributed by atoms with E-state index < -0.39 is 0 Å². The molecule has 2 N–H and O–H groups in total. The van der Waals surface area contributed by atoms with Crippen molar-refractivity contribution in [1.82, 2.24) is 4.90 Å². The van der Waals surface area contributed by atoms with Crippen LogP contribution < -0.4 is 5.73 Å². The first-order valence-electron chi connectivity index (χ1n) is 6.57. The predicted octanol–water partition coefficient (Wildman–Crippen LogP) is 2.33. The molecule has 94 valence electrons. The number of likely N-dealkylation sites (tertiary alicyclic amines) is 1. The van der Waals surface area contributed by atoms with Gasteiger partial charge in [0.1, 0.15) is 0 Å². The van der Waals surface area contributed by atoms with Crippen LogP contribution in [0.5, 0.6) is 0 Å². The molecule has 2 fully saturated rings. The van der Waals surface area contributed by atoms with Gasteiger partial charge in [-0.05, 0) is 43.5 Å². The molecular weight excluding hydrogens is 216 g/mol. The zero-order valence-electron chi connectivity index (χ0n) is 11.0. The molecule has 2 aliphatic rings. The number of rotatable bonds is 2. The minimum atomic E-state index is 0.307. The molecule has 0 amide bonds. The van der Waals surface area contributed by atoms with E-state index in [1.54, 1.807) is 0 Å². The first-order valence-corrected chi connectivity index (χ1v) is 7.62. The van der Waals surface area contributed by atoms with Crippen LogP contribution in [-0.2, 0) is 0 Å². The lowest BCUT2D eigenvalue weighted by Crippen LogP contribution is -2.60. The Hall–Kier alpha value is 0.270. The van der Waals surface area contributed by atoms with Crippen LogP contribution >= 0.6 is 11.8 Å². The third-order valence-electron chi connectivity index (χ3n) is 4.76. The van der Waals surface area contributed by atoms with Crippen LogP contribution in [0, 0.1) is 5.41 Å². The lowest BCUT2D eigenvalue weighted by Gasteiger charge is -2.48. The van der Waals surface area contributed by atoms with E-state index >= 15 is 0 Å². The van der Waals surface area contributed by atoms with Gasteiger partial charge in [-0.25, -0.2) is 0 Å². The Bertz CT molecular complexity index is 244. The molecule has 2 atom stereocenters. The lowest BCUT2D eigenvalue weighted by molar-refractivity contribution is 0.0351. The molecule has 2 heterocycles. The van der Waals surface area contributed by atoms with Crippen molar-refractivity contribution < 1.29 is 0 Å². The standard InChI is InChI=1S/C13H26N2S/c1-11-13(10-14,6-9-16-11)15-7-4-12(2,3)5-8-15/h11H,4-10,14H2,1-3H3. The predicted molar refractivity (Wildman–Crippen MR) is 72.9 cm³/mol. The van der Waals surface area contributed by atoms with Gasteiger partial charge in [-0.1, -0.05) is 20.8 Å². The molecule has 2 nitrogen and oxygen atoms in total. The monoisotopic (exact) mass is 242 g/mol. The van der Waals surface area contributed by atoms with Crippen molar-refractivity contribution in [2.75, 3.05) is 25.4 Å². The third-order valence-corrected chi connectivity index (χ3v) is 6.14. The topological polar surface area (TPSA) is 29.3 Å². The summed E-state index contributed by atoms with van der Waals surface area (Å²) in [5.74, 6) is 1.29. The molecule has 2 rings (SSSR count). The van der Waals surface area contributed by atoms with Crippen molar-refractivity contribution >= 4 is 11.8 Å². The van der Waals surface area contributed by atoms with Crippen LogP contribution in [-0.4, -0.2) is 41.1 Å². The van der Waals surface area contributed by atoms with Crippen molar-refractivity contribution in [2.24, 2.45) is 11.1 Å². The summed E-state index contributed by atoms with van der Waals surface area (Å²) in [4.78, 5) is 2.70. The maximum Gasteiger partial charge on any atom is 0.0455 e. The quantitative estimate of drug-likeness (QED) is 0.806. The van der Waals surface area contributed by atoms with Gasteiger partial charge < -0.3 is 5.73 Å². The van der Waals surface area contributed by atoms with Gasteiger partial charge in [0.05, 0.1) is 0 Å². The van der Waals surface area contributed by atoms with Crippen LogP contribution in [0.25, 0.3) is 0 Å². The summed E-state index contributed by atoms with van der Waals surface area (Å²) in [6.45, 7) is 10.5. The molecule has 0 spiro atoms. The van der Waals surface area contributed by atoms with Crippen molar-refractivity contribution in [2.45, 2.75) is 50.8 Å². The normalized spacial score (nSPS) is 40.1. The number of piperidine rings is 1. The molecule has 2 aliphatic heterocycles. The Morgan fingerprint density at radius 1 is 1.25 bits per heavy atom. The summed E-state index contributed by atoms with van der Waals surface area (Å²) >= 11 is 2.10. The molecule has 0 aromatic heterocycles. The van der Waals surface area contributed by atoms with Gasteiger partial charge in [-0.2, -0.15) is 11.8 Å². The largest absolute Gasteiger partial charge is 0.329 e. The zero-order chi connectivity index (χ0) is 11.8. The number of hydrogen-bond donors (Lipinski definition) is 1. The van der Waals surface area contributed by atoms with Gasteiger partial charge in [0, 0.05) is 17.3 Å². The van der Waals surface area contributed by atoms with E-state index in [-0.39, 0.29) is 0 Å². The Labute approximate surface area is 104 Å². The average Bonchev–Trinajstić information content (AvgIpc) is 2.61. The molecule has 2 unspecified atom stereocenters. The highest BCUT2D eigenvalue weighted by Gasteiger charge is 2.46. The smallest absolute Gasteiger partial charge is 0.0455 e. The second-order valence-electron chi connectivity index (χ2n) is 6.22. The van der Waals surface area contributed by atoms with Gasteiger partial charge in [0.25, 0.3) is 0 Å². The maximum atomic E-state index is 6.10. The summed E-state index contributed by atoms with van der Waals surface area (Å²) in [5, 5.41) is 0.707. The van der Waals surface area contributed by atoms with E-state index in [1.807, 2.05) is 0 Å². The summed E-state index contributed by atoms with van der Waals surface area (Å²) in [7, 11) is 0. The highest BCUT2D eigenvalue weighted by Crippen LogP contribution is 2.42. The van der Waals surface area contributed by atoms with Crippen molar-refractivity contribution in [1.29, 1.82) is 0 Å². The minimum Gasteiger partial charge on any atom is -0.329 e. The molecule has 0 aromatic rings. The van der Waals surface area contributed by atoms with E-state index in [1.165, 1.54) is 38.1 Å². The molecule has 16 heavy (non-hydrogen) atoms. The molecule has 0 radical (unpaired) electrons. The molecular formula is C13H26N2S. The fourth-order valence-corrected chi connectivity index (χ4v) is 4.64. The van der Waals surface area contributed by atoms with Crippen LogP contribution in [0.3, 0.4) is 0 Å². The molecule has 0 aliphatic carbocycles. The molecule has 0 saturated carbocycles. The highest BCUT2D eigenvalue weighted by molar-refractivity contribution is 8.00. The van der Waals surface area contributed by atoms with Gasteiger partial charge in [-0.3, -0.25) is 4.90 Å². The Morgan fingerprint density at radius 2 is 1.88 bits per heavy atom. The fourth-order valence-electron chi connectivity index (χ4n) is 3.14. The van der Waals surface area contributed by atoms with E-state index in [2.05, 4.69) is 37.4 Å². The molecule has 0 aromatic carbocycles. The van der Waals surface area contributed by atoms with Crippen molar-refractivity contribution in [3.63, 3.8) is 0 Å². The minimum absolute atomic E-state index is 0.307. The fraction of sp³-hybridized carbons (Fsp3) is 1.00. The van der Waals surface area contributed by atoms with Crippen LogP contribution in [0.2, 0.25) is 0 Å². The van der Waals surface area contributed by atoms with Gasteiger partial charge >= 0.3 is 0 Å². The van der Waals surface area contributed by atoms with Crippen LogP contribution in [0.1, 0.15) is 40.0 Å². The van der Waals surface area contributed by atoms with E-state index in [0.717, 1.165) is 6.54 Å². The van der Waals surface area contributed by atoms with Crippen LogP contribution in [0.15, 0.2) is 0 Å². The molecule has 2 saturated heterocycles. The highest BCUT2D eigenvalue weighted by atomic mass is 32.2. The first-order chi connectivity index (χ1) is 7.50. The average molecular weight is 242 g/mol. The lowest BCUT2D eigenvalue weighted by atomic mass is 9.79. The van der Waals surface area contributed by atoms with Crippen molar-refractivity contribution in [3.05, 3.63) is 0 Å². The molecule has 0 bridgehead atoms. The Morgan fingerprint density at radius 3 is 2.31 bits per heavy atom. The second-order valence-corrected chi connectivity index (χ2v) is 7.67. The van der Waals surface area contributed by atoms with Crippen LogP contribution in [0.4, 0.5) is 0 Å². The summed E-state index contributed by atoms with van der Waals surface area (Å²) in [6, 6.07) is 0. The van der Waals surface area contributed by atoms with Crippen molar-refractivity contribution in [3.8, 4) is 0 Å². The number of nitrogens with zero attached hydrogens (tertiary/aromatic N) is 1. The number of thioether (sulfide) groups is 1. The zero-order valence-corrected chi connectivity index (χ0v) is 11.8. The van der Waals surface area contributed by atoms with Gasteiger partial charge in [-0.15, -0.1) is 0 Å². The van der Waals surface area contributed by atoms with E-state index in [4.69, 9.17) is 5.73 Å². The Balaban J connectivity index is 2.06.